The maximum absolute atomic E-state index is 12.5. The van der Waals surface area contributed by atoms with Crippen LogP contribution in [0.3, 0.4) is 0 Å². The Bertz CT molecular complexity index is 814. The Morgan fingerprint density at radius 3 is 2.38 bits per heavy atom. The molecule has 0 aromatic heterocycles. The lowest BCUT2D eigenvalue weighted by atomic mass is 9.90. The van der Waals surface area contributed by atoms with Gasteiger partial charge in [-0.1, -0.05) is 12.1 Å². The zero-order valence-corrected chi connectivity index (χ0v) is 17.3. The number of nitrogens with one attached hydrogen (secondary N) is 1. The second-order valence-electron chi connectivity index (χ2n) is 9.17. The number of amides is 3. The minimum Gasteiger partial charge on any atom is -0.444 e. The SMILES string of the molecule is CC(C)(C)OC(=O)N1CC[C@@H]2[C@H]1CCN2c1ccc(C2CCC(=O)NC2=O)cc1. The molecular formula is C22H29N3O4. The fourth-order valence-electron chi connectivity index (χ4n) is 4.76. The quantitative estimate of drug-likeness (QED) is 0.774. The van der Waals surface area contributed by atoms with Crippen LogP contribution >= 0.6 is 0 Å². The average molecular weight is 399 g/mol. The molecule has 4 rings (SSSR count). The van der Waals surface area contributed by atoms with E-state index in [2.05, 4.69) is 22.3 Å². The van der Waals surface area contributed by atoms with Crippen molar-refractivity contribution in [2.24, 2.45) is 0 Å². The van der Waals surface area contributed by atoms with Gasteiger partial charge in [0.15, 0.2) is 0 Å². The molecule has 0 saturated carbocycles. The molecule has 1 N–H and O–H groups in total. The van der Waals surface area contributed by atoms with Crippen molar-refractivity contribution in [1.29, 1.82) is 0 Å². The van der Waals surface area contributed by atoms with Crippen LogP contribution in [0.15, 0.2) is 24.3 Å². The first-order valence-electron chi connectivity index (χ1n) is 10.4. The largest absolute Gasteiger partial charge is 0.444 e. The topological polar surface area (TPSA) is 79.0 Å². The minimum atomic E-state index is -0.487. The highest BCUT2D eigenvalue weighted by Gasteiger charge is 2.45. The predicted octanol–water partition coefficient (Wildman–Crippen LogP) is 2.79. The van der Waals surface area contributed by atoms with Crippen molar-refractivity contribution >= 4 is 23.6 Å². The van der Waals surface area contributed by atoms with Crippen molar-refractivity contribution in [3.63, 3.8) is 0 Å². The lowest BCUT2D eigenvalue weighted by molar-refractivity contribution is -0.134. The standard InChI is InChI=1S/C22H29N3O4/c1-22(2,3)29-21(28)25-13-11-17-18(25)10-12-24(17)15-6-4-14(5-7-15)16-8-9-19(26)23-20(16)27/h4-7,16-18H,8-13H2,1-3H3,(H,23,26,27)/t16?,17-,18-/m1/s1. The maximum Gasteiger partial charge on any atom is 0.410 e. The number of ether oxygens (including phenoxy) is 1. The summed E-state index contributed by atoms with van der Waals surface area (Å²) in [5.74, 6) is -0.664. The Morgan fingerprint density at radius 1 is 1.03 bits per heavy atom. The summed E-state index contributed by atoms with van der Waals surface area (Å²) in [6, 6.07) is 8.56. The van der Waals surface area contributed by atoms with E-state index in [1.165, 1.54) is 0 Å². The van der Waals surface area contributed by atoms with Crippen LogP contribution in [0.2, 0.25) is 0 Å². The van der Waals surface area contributed by atoms with Gasteiger partial charge in [-0.15, -0.1) is 0 Å². The second kappa shape index (κ2) is 7.35. The molecule has 29 heavy (non-hydrogen) atoms. The number of imide groups is 1. The van der Waals surface area contributed by atoms with Gasteiger partial charge in [0.05, 0.1) is 18.0 Å². The number of fused-ring (bicyclic) bond motifs is 1. The third kappa shape index (κ3) is 3.95. The predicted molar refractivity (Wildman–Crippen MR) is 109 cm³/mol. The molecule has 7 nitrogen and oxygen atoms in total. The maximum atomic E-state index is 12.5. The summed E-state index contributed by atoms with van der Waals surface area (Å²) < 4.78 is 5.58. The summed E-state index contributed by atoms with van der Waals surface area (Å²) in [6.45, 7) is 7.29. The van der Waals surface area contributed by atoms with Gasteiger partial charge in [0.2, 0.25) is 11.8 Å². The van der Waals surface area contributed by atoms with Gasteiger partial charge >= 0.3 is 6.09 Å². The van der Waals surface area contributed by atoms with E-state index >= 15 is 0 Å². The normalized spacial score (nSPS) is 27.1. The molecule has 0 spiro atoms. The first-order chi connectivity index (χ1) is 13.7. The van der Waals surface area contributed by atoms with Gasteiger partial charge in [0.25, 0.3) is 0 Å². The highest BCUT2D eigenvalue weighted by Crippen LogP contribution is 2.36. The number of benzene rings is 1. The summed E-state index contributed by atoms with van der Waals surface area (Å²) in [7, 11) is 0. The monoisotopic (exact) mass is 399 g/mol. The number of carbonyl (C=O) groups is 3. The molecule has 3 aliphatic heterocycles. The Kier molecular flexibility index (Phi) is 5.00. The van der Waals surface area contributed by atoms with Crippen LogP contribution in [-0.4, -0.2) is 53.6 Å². The Morgan fingerprint density at radius 2 is 1.72 bits per heavy atom. The summed E-state index contributed by atoms with van der Waals surface area (Å²) in [5.41, 5.74) is 1.56. The van der Waals surface area contributed by atoms with Crippen LogP contribution in [0.1, 0.15) is 57.9 Å². The van der Waals surface area contributed by atoms with Gasteiger partial charge in [-0.05, 0) is 57.7 Å². The molecule has 1 aromatic rings. The van der Waals surface area contributed by atoms with Crippen LogP contribution in [0, 0.1) is 0 Å². The third-order valence-corrected chi connectivity index (χ3v) is 6.07. The van der Waals surface area contributed by atoms with Gasteiger partial charge in [-0.25, -0.2) is 4.79 Å². The van der Waals surface area contributed by atoms with E-state index in [4.69, 9.17) is 4.74 Å². The Hall–Kier alpha value is -2.57. The van der Waals surface area contributed by atoms with Gasteiger partial charge in [-0.3, -0.25) is 14.9 Å². The fraction of sp³-hybridized carbons (Fsp3) is 0.591. The van der Waals surface area contributed by atoms with E-state index in [0.717, 1.165) is 37.2 Å². The van der Waals surface area contributed by atoms with Crippen LogP contribution < -0.4 is 10.2 Å². The number of rotatable bonds is 2. The van der Waals surface area contributed by atoms with E-state index in [1.54, 1.807) is 0 Å². The number of piperidine rings is 1. The Labute approximate surface area is 171 Å². The van der Waals surface area contributed by atoms with Gasteiger partial charge in [0, 0.05) is 25.2 Å². The summed E-state index contributed by atoms with van der Waals surface area (Å²) >= 11 is 0. The van der Waals surface area contributed by atoms with Crippen LogP contribution in [0.5, 0.6) is 0 Å². The van der Waals surface area contributed by atoms with Gasteiger partial charge < -0.3 is 14.5 Å². The van der Waals surface area contributed by atoms with Gasteiger partial charge in [0.1, 0.15) is 5.60 Å². The second-order valence-corrected chi connectivity index (χ2v) is 9.17. The van der Waals surface area contributed by atoms with Crippen molar-refractivity contribution in [3.05, 3.63) is 29.8 Å². The molecule has 3 amide bonds. The van der Waals surface area contributed by atoms with E-state index in [9.17, 15) is 14.4 Å². The smallest absolute Gasteiger partial charge is 0.410 e. The zero-order valence-electron chi connectivity index (χ0n) is 17.3. The molecule has 3 heterocycles. The highest BCUT2D eigenvalue weighted by molar-refractivity contribution is 6.00. The third-order valence-electron chi connectivity index (χ3n) is 6.07. The van der Waals surface area contributed by atoms with Crippen molar-refractivity contribution in [3.8, 4) is 0 Å². The van der Waals surface area contributed by atoms with E-state index in [-0.39, 0.29) is 29.9 Å². The van der Waals surface area contributed by atoms with Crippen molar-refractivity contribution in [2.45, 2.75) is 70.1 Å². The molecule has 3 saturated heterocycles. The molecule has 0 radical (unpaired) electrons. The first kappa shape index (κ1) is 19.7. The first-order valence-corrected chi connectivity index (χ1v) is 10.4. The lowest BCUT2D eigenvalue weighted by Crippen LogP contribution is -2.42. The van der Waals surface area contributed by atoms with Crippen molar-refractivity contribution in [1.82, 2.24) is 10.2 Å². The average Bonchev–Trinajstić information content (AvgIpc) is 3.22. The van der Waals surface area contributed by atoms with E-state index < -0.39 is 5.60 Å². The van der Waals surface area contributed by atoms with Crippen LogP contribution in [-0.2, 0) is 14.3 Å². The molecule has 3 atom stereocenters. The summed E-state index contributed by atoms with van der Waals surface area (Å²) in [4.78, 5) is 40.3. The number of nitrogens with zero attached hydrogens (tertiary/aromatic N) is 2. The Balaban J connectivity index is 1.43. The highest BCUT2D eigenvalue weighted by atomic mass is 16.6. The zero-order chi connectivity index (χ0) is 20.8. The molecule has 1 unspecified atom stereocenters. The van der Waals surface area contributed by atoms with E-state index in [0.29, 0.717) is 18.9 Å². The molecule has 3 fully saturated rings. The molecule has 1 aromatic carbocycles. The lowest BCUT2D eigenvalue weighted by Gasteiger charge is -2.29. The van der Waals surface area contributed by atoms with Crippen LogP contribution in [0.4, 0.5) is 10.5 Å². The summed E-state index contributed by atoms with van der Waals surface area (Å²) in [6.07, 6.45) is 2.58. The fourth-order valence-corrected chi connectivity index (χ4v) is 4.76. The number of likely N-dealkylation sites (tertiary alicyclic amines) is 1. The van der Waals surface area contributed by atoms with Crippen LogP contribution in [0.25, 0.3) is 0 Å². The van der Waals surface area contributed by atoms with Crippen molar-refractivity contribution in [2.75, 3.05) is 18.0 Å². The molecule has 3 aliphatic rings. The summed E-state index contributed by atoms with van der Waals surface area (Å²) in [5, 5.41) is 2.42. The van der Waals surface area contributed by atoms with Gasteiger partial charge in [-0.2, -0.15) is 0 Å². The van der Waals surface area contributed by atoms with Crippen molar-refractivity contribution < 1.29 is 19.1 Å². The number of carbonyl (C=O) groups excluding carboxylic acids is 3. The number of hydrogen-bond donors (Lipinski definition) is 1. The van der Waals surface area contributed by atoms with E-state index in [1.807, 2.05) is 37.8 Å². The molecular weight excluding hydrogens is 370 g/mol. The molecule has 0 aliphatic carbocycles. The minimum absolute atomic E-state index is 0.180. The number of anilines is 1. The number of hydrogen-bond acceptors (Lipinski definition) is 5. The molecule has 7 heteroatoms. The molecule has 0 bridgehead atoms. The molecule has 156 valence electrons.